The number of halogens is 1. The minimum atomic E-state index is -0.614. The van der Waals surface area contributed by atoms with Crippen molar-refractivity contribution in [3.63, 3.8) is 0 Å². The first-order valence-corrected chi connectivity index (χ1v) is 8.36. The van der Waals surface area contributed by atoms with Crippen LogP contribution < -0.4 is 10.9 Å². The van der Waals surface area contributed by atoms with E-state index in [1.807, 2.05) is 6.07 Å². The van der Waals surface area contributed by atoms with Crippen molar-refractivity contribution in [2.45, 2.75) is 13.5 Å². The van der Waals surface area contributed by atoms with Crippen LogP contribution in [-0.4, -0.2) is 27.3 Å². The van der Waals surface area contributed by atoms with E-state index in [9.17, 15) is 19.1 Å². The molecule has 6 nitrogen and oxygen atoms in total. The predicted octanol–water partition coefficient (Wildman–Crippen LogP) is 2.99. The minimum Gasteiger partial charge on any atom is -0.394 e. The van der Waals surface area contributed by atoms with Crippen LogP contribution in [0.4, 0.5) is 15.8 Å². The number of benzene rings is 2. The molecule has 0 aliphatic rings. The molecule has 0 radical (unpaired) electrons. The Bertz CT molecular complexity index is 1030. The van der Waals surface area contributed by atoms with Gasteiger partial charge in [-0.1, -0.05) is 42.5 Å². The maximum atomic E-state index is 14.1. The van der Waals surface area contributed by atoms with Crippen molar-refractivity contribution in [3.8, 4) is 11.3 Å². The van der Waals surface area contributed by atoms with Crippen molar-refractivity contribution in [2.24, 2.45) is 0 Å². The Balaban J connectivity index is 2.29. The third-order valence-corrected chi connectivity index (χ3v) is 4.00. The number of carbonyl (C=O) groups is 1. The topological polar surface area (TPSA) is 84.2 Å². The molecule has 2 N–H and O–H groups in total. The first kappa shape index (κ1) is 18.5. The van der Waals surface area contributed by atoms with Crippen LogP contribution in [0.3, 0.4) is 0 Å². The molecule has 0 atom stereocenters. The Morgan fingerprint density at radius 1 is 1.15 bits per heavy atom. The number of ketones is 1. The van der Waals surface area contributed by atoms with Gasteiger partial charge in [0.1, 0.15) is 17.2 Å². The fraction of sp³-hybridized carbons (Fsp3) is 0.150. The van der Waals surface area contributed by atoms with Gasteiger partial charge in [-0.2, -0.15) is 5.10 Å². The molecule has 0 fully saturated rings. The van der Waals surface area contributed by atoms with E-state index in [1.54, 1.807) is 30.3 Å². The molecule has 0 aliphatic heterocycles. The van der Waals surface area contributed by atoms with Crippen LogP contribution in [0.15, 0.2) is 59.4 Å². The average molecular weight is 367 g/mol. The number of rotatable bonds is 6. The van der Waals surface area contributed by atoms with E-state index in [-0.39, 0.29) is 41.6 Å². The number of aliphatic hydroxyl groups excluding tert-OH is 1. The highest BCUT2D eigenvalue weighted by Gasteiger charge is 2.22. The molecule has 0 saturated heterocycles. The lowest BCUT2D eigenvalue weighted by atomic mass is 10.0. The van der Waals surface area contributed by atoms with E-state index >= 15 is 0 Å². The van der Waals surface area contributed by atoms with E-state index in [2.05, 4.69) is 10.4 Å². The first-order chi connectivity index (χ1) is 13.0. The van der Waals surface area contributed by atoms with Gasteiger partial charge in [-0.15, -0.1) is 0 Å². The lowest BCUT2D eigenvalue weighted by Crippen LogP contribution is -2.29. The third kappa shape index (κ3) is 3.78. The third-order valence-electron chi connectivity index (χ3n) is 4.00. The molecule has 1 aromatic heterocycles. The van der Waals surface area contributed by atoms with E-state index in [0.717, 1.165) is 4.68 Å². The number of nitrogens with one attached hydrogen (secondary N) is 1. The van der Waals surface area contributed by atoms with Gasteiger partial charge >= 0.3 is 0 Å². The summed E-state index contributed by atoms with van der Waals surface area (Å²) < 4.78 is 15.2. The molecule has 138 valence electrons. The number of para-hydroxylation sites is 1. The Morgan fingerprint density at radius 2 is 1.81 bits per heavy atom. The summed E-state index contributed by atoms with van der Waals surface area (Å²) in [7, 11) is 0. The Labute approximate surface area is 154 Å². The molecule has 0 unspecified atom stereocenters. The van der Waals surface area contributed by atoms with Gasteiger partial charge in [-0.25, -0.2) is 9.07 Å². The Morgan fingerprint density at radius 3 is 2.44 bits per heavy atom. The molecular formula is C20H18FN3O3. The van der Waals surface area contributed by atoms with Crippen LogP contribution in [0, 0.1) is 5.82 Å². The molecule has 3 aromatic rings. The standard InChI is InChI=1S/C20H18FN3O3/c1-13(26)17-18(14-7-3-2-4-8-14)23-24(11-12-25)20(27)19(17)22-16-10-6-5-9-15(16)21/h2-10,22,25H,11-12H2,1H3. The van der Waals surface area contributed by atoms with Crippen molar-refractivity contribution in [3.05, 3.63) is 76.3 Å². The monoisotopic (exact) mass is 367 g/mol. The highest BCUT2D eigenvalue weighted by Crippen LogP contribution is 2.28. The van der Waals surface area contributed by atoms with E-state index in [0.29, 0.717) is 5.56 Å². The summed E-state index contributed by atoms with van der Waals surface area (Å²) in [6.45, 7) is 0.967. The number of Topliss-reactive ketones (excluding diaryl/α,β-unsaturated/α-hetero) is 1. The first-order valence-electron chi connectivity index (χ1n) is 8.36. The van der Waals surface area contributed by atoms with Gasteiger partial charge in [0.2, 0.25) is 0 Å². The maximum Gasteiger partial charge on any atom is 0.291 e. The van der Waals surface area contributed by atoms with Crippen molar-refractivity contribution in [2.75, 3.05) is 11.9 Å². The number of aromatic nitrogens is 2. The van der Waals surface area contributed by atoms with Gasteiger partial charge in [0.05, 0.1) is 24.4 Å². The zero-order chi connectivity index (χ0) is 19.4. The summed E-state index contributed by atoms with van der Waals surface area (Å²) in [4.78, 5) is 25.2. The fourth-order valence-corrected chi connectivity index (χ4v) is 2.77. The van der Waals surface area contributed by atoms with Gasteiger partial charge < -0.3 is 10.4 Å². The molecule has 27 heavy (non-hydrogen) atoms. The molecule has 0 spiro atoms. The second kappa shape index (κ2) is 7.92. The molecule has 1 heterocycles. The van der Waals surface area contributed by atoms with E-state index in [4.69, 9.17) is 0 Å². The number of aliphatic hydroxyl groups is 1. The molecule has 0 amide bonds. The summed E-state index contributed by atoms with van der Waals surface area (Å²) in [6.07, 6.45) is 0. The predicted molar refractivity (Wildman–Crippen MR) is 101 cm³/mol. The lowest BCUT2D eigenvalue weighted by Gasteiger charge is -2.16. The van der Waals surface area contributed by atoms with Crippen LogP contribution in [0.1, 0.15) is 17.3 Å². The van der Waals surface area contributed by atoms with Gasteiger partial charge in [0, 0.05) is 5.56 Å². The maximum absolute atomic E-state index is 14.1. The van der Waals surface area contributed by atoms with Crippen molar-refractivity contribution in [1.29, 1.82) is 0 Å². The molecule has 0 saturated carbocycles. The number of carbonyl (C=O) groups excluding carboxylic acids is 1. The van der Waals surface area contributed by atoms with Crippen LogP contribution in [0.5, 0.6) is 0 Å². The van der Waals surface area contributed by atoms with Crippen molar-refractivity contribution >= 4 is 17.2 Å². The van der Waals surface area contributed by atoms with Gasteiger partial charge in [-0.05, 0) is 19.1 Å². The quantitative estimate of drug-likeness (QED) is 0.655. The smallest absolute Gasteiger partial charge is 0.291 e. The number of hydrogen-bond donors (Lipinski definition) is 2. The summed E-state index contributed by atoms with van der Waals surface area (Å²) in [5, 5.41) is 16.3. The van der Waals surface area contributed by atoms with Crippen LogP contribution in [-0.2, 0) is 6.54 Å². The highest BCUT2D eigenvalue weighted by atomic mass is 19.1. The lowest BCUT2D eigenvalue weighted by molar-refractivity contribution is 0.101. The van der Waals surface area contributed by atoms with Gasteiger partial charge in [0.25, 0.3) is 5.56 Å². The molecular weight excluding hydrogens is 349 g/mol. The van der Waals surface area contributed by atoms with Crippen LogP contribution in [0.25, 0.3) is 11.3 Å². The molecule has 2 aromatic carbocycles. The SMILES string of the molecule is CC(=O)c1c(-c2ccccc2)nn(CCO)c(=O)c1Nc1ccccc1F. The van der Waals surface area contributed by atoms with E-state index in [1.165, 1.54) is 25.1 Å². The van der Waals surface area contributed by atoms with Crippen molar-refractivity contribution in [1.82, 2.24) is 9.78 Å². The number of hydrogen-bond acceptors (Lipinski definition) is 5. The van der Waals surface area contributed by atoms with Gasteiger partial charge in [-0.3, -0.25) is 9.59 Å². The second-order valence-electron chi connectivity index (χ2n) is 5.88. The molecule has 3 rings (SSSR count). The summed E-state index contributed by atoms with van der Waals surface area (Å²) in [5.74, 6) is -0.938. The average Bonchev–Trinajstić information content (AvgIpc) is 2.67. The minimum absolute atomic E-state index is 0.0528. The number of nitrogens with zero attached hydrogens (tertiary/aromatic N) is 2. The second-order valence-corrected chi connectivity index (χ2v) is 5.88. The Hall–Kier alpha value is -3.32. The Kier molecular flexibility index (Phi) is 5.42. The van der Waals surface area contributed by atoms with Gasteiger partial charge in [0.15, 0.2) is 5.78 Å². The van der Waals surface area contributed by atoms with E-state index < -0.39 is 11.4 Å². The summed E-state index contributed by atoms with van der Waals surface area (Å²) >= 11 is 0. The normalized spacial score (nSPS) is 10.6. The highest BCUT2D eigenvalue weighted by molar-refractivity contribution is 6.05. The zero-order valence-corrected chi connectivity index (χ0v) is 14.6. The molecule has 7 heteroatoms. The summed E-state index contributed by atoms with van der Waals surface area (Å²) in [6, 6.07) is 14.8. The zero-order valence-electron chi connectivity index (χ0n) is 14.6. The number of anilines is 2. The summed E-state index contributed by atoms with van der Waals surface area (Å²) in [5.41, 5.74) is 0.370. The fourth-order valence-electron chi connectivity index (χ4n) is 2.77. The van der Waals surface area contributed by atoms with Crippen LogP contribution in [0.2, 0.25) is 0 Å². The molecule has 0 bridgehead atoms. The molecule has 0 aliphatic carbocycles. The largest absolute Gasteiger partial charge is 0.394 e. The van der Waals surface area contributed by atoms with Crippen LogP contribution >= 0.6 is 0 Å². The van der Waals surface area contributed by atoms with Crippen molar-refractivity contribution < 1.29 is 14.3 Å².